The summed E-state index contributed by atoms with van der Waals surface area (Å²) in [4.78, 5) is 0. The second kappa shape index (κ2) is 6.73. The number of nitrogens with one attached hydrogen (secondary N) is 1. The first kappa shape index (κ1) is 15.7. The van der Waals surface area contributed by atoms with E-state index in [0.717, 1.165) is 24.5 Å². The van der Waals surface area contributed by atoms with E-state index >= 15 is 0 Å². The van der Waals surface area contributed by atoms with Gasteiger partial charge in [0, 0.05) is 44.1 Å². The van der Waals surface area contributed by atoms with Crippen molar-refractivity contribution in [3.63, 3.8) is 0 Å². The molecule has 0 spiro atoms. The van der Waals surface area contributed by atoms with Crippen LogP contribution in [0.5, 0.6) is 0 Å². The van der Waals surface area contributed by atoms with Crippen molar-refractivity contribution in [3.8, 4) is 0 Å². The van der Waals surface area contributed by atoms with Gasteiger partial charge in [-0.25, -0.2) is 0 Å². The molecular weight excluding hydrogens is 262 g/mol. The van der Waals surface area contributed by atoms with E-state index in [9.17, 15) is 0 Å². The molecule has 5 nitrogen and oxygen atoms in total. The monoisotopic (exact) mass is 283 g/mol. The largest absolute Gasteiger partial charge is 0.307 e. The van der Waals surface area contributed by atoms with E-state index in [2.05, 4.69) is 41.6 Å². The van der Waals surface area contributed by atoms with Crippen LogP contribution in [0.15, 0.2) is 18.5 Å². The van der Waals surface area contributed by atoms with Crippen LogP contribution in [0, 0.1) is 6.92 Å². The molecule has 19 heavy (non-hydrogen) atoms. The van der Waals surface area contributed by atoms with Gasteiger partial charge in [-0.2, -0.15) is 10.2 Å². The lowest BCUT2D eigenvalue weighted by Gasteiger charge is -2.04. The van der Waals surface area contributed by atoms with Crippen LogP contribution in [0.25, 0.3) is 0 Å². The molecule has 0 aliphatic carbocycles. The summed E-state index contributed by atoms with van der Waals surface area (Å²) in [6.45, 7) is 7.90. The van der Waals surface area contributed by atoms with Gasteiger partial charge in [0.05, 0.1) is 11.4 Å². The highest BCUT2D eigenvalue weighted by atomic mass is 35.5. The molecule has 0 saturated carbocycles. The molecule has 106 valence electrons. The minimum absolute atomic E-state index is 0. The Morgan fingerprint density at radius 1 is 1.26 bits per heavy atom. The van der Waals surface area contributed by atoms with Crippen molar-refractivity contribution in [1.82, 2.24) is 24.9 Å². The summed E-state index contributed by atoms with van der Waals surface area (Å²) in [5.41, 5.74) is 3.39. The molecule has 2 aromatic rings. The van der Waals surface area contributed by atoms with E-state index in [1.165, 1.54) is 5.56 Å². The van der Waals surface area contributed by atoms with Gasteiger partial charge in [0.2, 0.25) is 0 Å². The molecule has 2 aromatic heterocycles. The van der Waals surface area contributed by atoms with Crippen LogP contribution >= 0.6 is 12.4 Å². The number of aromatic nitrogens is 4. The number of halogens is 1. The molecule has 0 aliphatic rings. The standard InChI is InChI=1S/C13H21N5.ClH/c1-10(2)18-6-5-13(16-18)8-14-7-12-9-17(4)15-11(12)3;/h5-6,9-10,14H,7-8H2,1-4H3;1H. The second-order valence-electron chi connectivity index (χ2n) is 4.90. The van der Waals surface area contributed by atoms with Gasteiger partial charge >= 0.3 is 0 Å². The van der Waals surface area contributed by atoms with Gasteiger partial charge in [0.1, 0.15) is 0 Å². The minimum Gasteiger partial charge on any atom is -0.307 e. The molecule has 0 bridgehead atoms. The van der Waals surface area contributed by atoms with E-state index < -0.39 is 0 Å². The number of nitrogens with zero attached hydrogens (tertiary/aromatic N) is 4. The molecule has 0 aliphatic heterocycles. The first-order valence-corrected chi connectivity index (χ1v) is 6.30. The van der Waals surface area contributed by atoms with Crippen LogP contribution in [0.2, 0.25) is 0 Å². The molecule has 2 rings (SSSR count). The topological polar surface area (TPSA) is 47.7 Å². The molecule has 0 aromatic carbocycles. The van der Waals surface area contributed by atoms with Crippen LogP contribution in [-0.2, 0) is 20.1 Å². The van der Waals surface area contributed by atoms with Gasteiger partial charge in [-0.3, -0.25) is 9.36 Å². The minimum atomic E-state index is 0. The molecule has 0 saturated heterocycles. The lowest BCUT2D eigenvalue weighted by atomic mass is 10.2. The first-order valence-electron chi connectivity index (χ1n) is 6.30. The molecule has 0 atom stereocenters. The van der Waals surface area contributed by atoms with Crippen molar-refractivity contribution in [2.45, 2.75) is 39.9 Å². The Bertz CT molecular complexity index is 515. The highest BCUT2D eigenvalue weighted by molar-refractivity contribution is 5.85. The fraction of sp³-hybridized carbons (Fsp3) is 0.538. The van der Waals surface area contributed by atoms with Gasteiger partial charge in [-0.05, 0) is 26.8 Å². The fourth-order valence-electron chi connectivity index (χ4n) is 1.91. The lowest BCUT2D eigenvalue weighted by Crippen LogP contribution is -2.14. The summed E-state index contributed by atoms with van der Waals surface area (Å²) in [6, 6.07) is 2.47. The van der Waals surface area contributed by atoms with E-state index in [1.807, 2.05) is 29.5 Å². The summed E-state index contributed by atoms with van der Waals surface area (Å²) in [7, 11) is 1.95. The third kappa shape index (κ3) is 4.08. The quantitative estimate of drug-likeness (QED) is 0.915. The molecule has 0 fully saturated rings. The Labute approximate surface area is 120 Å². The third-order valence-electron chi connectivity index (χ3n) is 2.93. The molecule has 2 heterocycles. The number of aryl methyl sites for hydroxylation is 2. The van der Waals surface area contributed by atoms with Gasteiger partial charge in [0.25, 0.3) is 0 Å². The van der Waals surface area contributed by atoms with Gasteiger partial charge in [-0.15, -0.1) is 12.4 Å². The number of hydrogen-bond donors (Lipinski definition) is 1. The summed E-state index contributed by atoms with van der Waals surface area (Å²) >= 11 is 0. The van der Waals surface area contributed by atoms with Crippen LogP contribution < -0.4 is 5.32 Å². The van der Waals surface area contributed by atoms with Crippen molar-refractivity contribution in [2.24, 2.45) is 7.05 Å². The van der Waals surface area contributed by atoms with Crippen LogP contribution in [0.4, 0.5) is 0 Å². The average molecular weight is 284 g/mol. The Morgan fingerprint density at radius 3 is 2.53 bits per heavy atom. The summed E-state index contributed by atoms with van der Waals surface area (Å²) in [6.07, 6.45) is 4.08. The van der Waals surface area contributed by atoms with Gasteiger partial charge < -0.3 is 5.32 Å². The zero-order chi connectivity index (χ0) is 13.1. The molecule has 1 N–H and O–H groups in total. The van der Waals surface area contributed by atoms with E-state index in [0.29, 0.717) is 6.04 Å². The van der Waals surface area contributed by atoms with Crippen LogP contribution in [0.1, 0.15) is 36.8 Å². The van der Waals surface area contributed by atoms with Gasteiger partial charge in [0.15, 0.2) is 0 Å². The van der Waals surface area contributed by atoms with Crippen molar-refractivity contribution in [1.29, 1.82) is 0 Å². The second-order valence-corrected chi connectivity index (χ2v) is 4.90. The third-order valence-corrected chi connectivity index (χ3v) is 2.93. The highest BCUT2D eigenvalue weighted by Gasteiger charge is 2.04. The van der Waals surface area contributed by atoms with Crippen molar-refractivity contribution >= 4 is 12.4 Å². The van der Waals surface area contributed by atoms with Crippen LogP contribution in [-0.4, -0.2) is 19.6 Å². The maximum atomic E-state index is 4.50. The fourth-order valence-corrected chi connectivity index (χ4v) is 1.91. The number of rotatable bonds is 5. The zero-order valence-corrected chi connectivity index (χ0v) is 12.7. The maximum Gasteiger partial charge on any atom is 0.0762 e. The Balaban J connectivity index is 0.00000180. The van der Waals surface area contributed by atoms with Crippen molar-refractivity contribution in [2.75, 3.05) is 0 Å². The summed E-state index contributed by atoms with van der Waals surface area (Å²) in [5.74, 6) is 0. The molecule has 0 radical (unpaired) electrons. The molecule has 6 heteroatoms. The predicted molar refractivity (Wildman–Crippen MR) is 78.3 cm³/mol. The predicted octanol–water partition coefficient (Wildman–Crippen LogP) is 2.22. The Morgan fingerprint density at radius 2 is 2.00 bits per heavy atom. The van der Waals surface area contributed by atoms with E-state index in [-0.39, 0.29) is 12.4 Å². The molecular formula is C13H22ClN5. The number of hydrogen-bond acceptors (Lipinski definition) is 3. The van der Waals surface area contributed by atoms with E-state index in [1.54, 1.807) is 0 Å². The molecule has 0 amide bonds. The maximum absolute atomic E-state index is 4.50. The lowest BCUT2D eigenvalue weighted by molar-refractivity contribution is 0.521. The Kier molecular flexibility index (Phi) is 5.57. The summed E-state index contributed by atoms with van der Waals surface area (Å²) in [5, 5.41) is 12.2. The van der Waals surface area contributed by atoms with Crippen LogP contribution in [0.3, 0.4) is 0 Å². The normalized spacial score (nSPS) is 10.8. The summed E-state index contributed by atoms with van der Waals surface area (Å²) < 4.78 is 3.83. The first-order chi connectivity index (χ1) is 8.56. The highest BCUT2D eigenvalue weighted by Crippen LogP contribution is 2.06. The van der Waals surface area contributed by atoms with Gasteiger partial charge in [-0.1, -0.05) is 0 Å². The SMILES string of the molecule is Cc1nn(C)cc1CNCc1ccn(C(C)C)n1.Cl. The molecule has 0 unspecified atom stereocenters. The average Bonchev–Trinajstić information content (AvgIpc) is 2.87. The smallest absolute Gasteiger partial charge is 0.0762 e. The van der Waals surface area contributed by atoms with E-state index in [4.69, 9.17) is 0 Å². The zero-order valence-electron chi connectivity index (χ0n) is 11.9. The van der Waals surface area contributed by atoms with Crippen molar-refractivity contribution in [3.05, 3.63) is 35.4 Å². The van der Waals surface area contributed by atoms with Crippen molar-refractivity contribution < 1.29 is 0 Å². The Hall–Kier alpha value is -1.33.